The molecule has 0 unspecified atom stereocenters. The van der Waals surface area contributed by atoms with Gasteiger partial charge in [0.15, 0.2) is 0 Å². The maximum absolute atomic E-state index is 14.9. The first kappa shape index (κ1) is 29.1. The van der Waals surface area contributed by atoms with Crippen LogP contribution in [0.1, 0.15) is 26.3 Å². The zero-order chi connectivity index (χ0) is 27.9. The molecule has 0 aliphatic carbocycles. The molecule has 0 saturated heterocycles. The third-order valence-electron chi connectivity index (χ3n) is 5.88. The average molecular weight is 560 g/mol. The molecule has 38 heavy (non-hydrogen) atoms. The van der Waals surface area contributed by atoms with Gasteiger partial charge in [-0.25, -0.2) is 12.8 Å². The molecular formula is C28H31ClFN3O4S. The molecule has 1 atom stereocenters. The number of halogens is 2. The second-order valence-corrected chi connectivity index (χ2v) is 11.5. The van der Waals surface area contributed by atoms with Crippen molar-refractivity contribution >= 4 is 39.1 Å². The van der Waals surface area contributed by atoms with Gasteiger partial charge in [0.2, 0.25) is 11.8 Å². The SMILES string of the molecule is CC(C)CNC(=O)[C@H](C)N(Cc1ccccc1Cl)C(=O)CN(c1ccccc1F)S(=O)(=O)c1ccccc1. The molecule has 0 aromatic heterocycles. The monoisotopic (exact) mass is 559 g/mol. The Balaban J connectivity index is 2.02. The van der Waals surface area contributed by atoms with E-state index in [0.29, 0.717) is 17.1 Å². The number of carbonyl (C=O) groups is 2. The highest BCUT2D eigenvalue weighted by atomic mass is 35.5. The number of benzene rings is 3. The molecule has 202 valence electrons. The molecule has 3 rings (SSSR count). The molecular weight excluding hydrogens is 529 g/mol. The van der Waals surface area contributed by atoms with Gasteiger partial charge in [0.25, 0.3) is 10.0 Å². The lowest BCUT2D eigenvalue weighted by atomic mass is 10.1. The summed E-state index contributed by atoms with van der Waals surface area (Å²) in [6, 6.07) is 18.7. The van der Waals surface area contributed by atoms with E-state index in [9.17, 15) is 22.4 Å². The minimum absolute atomic E-state index is 0.0503. The summed E-state index contributed by atoms with van der Waals surface area (Å²) in [5.41, 5.74) is 0.300. The Morgan fingerprint density at radius 1 is 0.921 bits per heavy atom. The number of para-hydroxylation sites is 1. The van der Waals surface area contributed by atoms with Gasteiger partial charge in [-0.2, -0.15) is 0 Å². The van der Waals surface area contributed by atoms with Crippen LogP contribution in [0.15, 0.2) is 83.8 Å². The first-order valence-corrected chi connectivity index (χ1v) is 14.0. The van der Waals surface area contributed by atoms with Crippen LogP contribution in [0.2, 0.25) is 5.02 Å². The summed E-state index contributed by atoms with van der Waals surface area (Å²) >= 11 is 6.34. The molecule has 7 nitrogen and oxygen atoms in total. The molecule has 10 heteroatoms. The van der Waals surface area contributed by atoms with Gasteiger partial charge in [-0.15, -0.1) is 0 Å². The number of amides is 2. The van der Waals surface area contributed by atoms with Crippen LogP contribution in [0.4, 0.5) is 10.1 Å². The minimum Gasteiger partial charge on any atom is -0.354 e. The van der Waals surface area contributed by atoms with Crippen molar-refractivity contribution in [1.82, 2.24) is 10.2 Å². The Morgan fingerprint density at radius 2 is 1.53 bits per heavy atom. The van der Waals surface area contributed by atoms with Crippen molar-refractivity contribution in [1.29, 1.82) is 0 Å². The summed E-state index contributed by atoms with van der Waals surface area (Å²) in [5.74, 6) is -1.71. The van der Waals surface area contributed by atoms with E-state index in [1.165, 1.54) is 35.2 Å². The molecule has 1 N–H and O–H groups in total. The lowest BCUT2D eigenvalue weighted by Gasteiger charge is -2.32. The Hall–Kier alpha value is -3.43. The first-order valence-electron chi connectivity index (χ1n) is 12.1. The second-order valence-electron chi connectivity index (χ2n) is 9.20. The molecule has 0 heterocycles. The molecule has 0 fully saturated rings. The van der Waals surface area contributed by atoms with Crippen molar-refractivity contribution in [2.45, 2.75) is 38.3 Å². The molecule has 3 aromatic rings. The summed E-state index contributed by atoms with van der Waals surface area (Å²) in [4.78, 5) is 27.9. The topological polar surface area (TPSA) is 86.8 Å². The van der Waals surface area contributed by atoms with Crippen molar-refractivity contribution in [3.8, 4) is 0 Å². The van der Waals surface area contributed by atoms with Crippen LogP contribution in [0.5, 0.6) is 0 Å². The van der Waals surface area contributed by atoms with Crippen LogP contribution >= 0.6 is 11.6 Å². The molecule has 3 aromatic carbocycles. The van der Waals surface area contributed by atoms with E-state index in [2.05, 4.69) is 5.32 Å². The Labute approximate surface area is 228 Å². The normalized spacial score (nSPS) is 12.2. The van der Waals surface area contributed by atoms with E-state index >= 15 is 0 Å². The van der Waals surface area contributed by atoms with Crippen molar-refractivity contribution in [3.63, 3.8) is 0 Å². The second kappa shape index (κ2) is 12.9. The fourth-order valence-corrected chi connectivity index (χ4v) is 5.37. The van der Waals surface area contributed by atoms with Crippen LogP contribution in [0.3, 0.4) is 0 Å². The number of carbonyl (C=O) groups excluding carboxylic acids is 2. The van der Waals surface area contributed by atoms with Crippen LogP contribution in [-0.2, 0) is 26.2 Å². The fraction of sp³-hybridized carbons (Fsp3) is 0.286. The zero-order valence-electron chi connectivity index (χ0n) is 21.5. The van der Waals surface area contributed by atoms with Gasteiger partial charge in [-0.1, -0.05) is 74.0 Å². The van der Waals surface area contributed by atoms with E-state index in [1.54, 1.807) is 49.4 Å². The van der Waals surface area contributed by atoms with Crippen LogP contribution < -0.4 is 9.62 Å². The van der Waals surface area contributed by atoms with Crippen molar-refractivity contribution in [2.75, 3.05) is 17.4 Å². The predicted octanol–water partition coefficient (Wildman–Crippen LogP) is 4.86. The number of hydrogen-bond donors (Lipinski definition) is 1. The van der Waals surface area contributed by atoms with Gasteiger partial charge in [-0.3, -0.25) is 13.9 Å². The molecule has 0 spiro atoms. The van der Waals surface area contributed by atoms with Crippen molar-refractivity contribution < 1.29 is 22.4 Å². The number of nitrogens with one attached hydrogen (secondary N) is 1. The smallest absolute Gasteiger partial charge is 0.264 e. The van der Waals surface area contributed by atoms with Crippen LogP contribution in [0, 0.1) is 11.7 Å². The average Bonchev–Trinajstić information content (AvgIpc) is 2.90. The van der Waals surface area contributed by atoms with Gasteiger partial charge < -0.3 is 10.2 Å². The van der Waals surface area contributed by atoms with Gasteiger partial charge >= 0.3 is 0 Å². The van der Waals surface area contributed by atoms with Gasteiger partial charge in [0.05, 0.1) is 10.6 Å². The standard InChI is InChI=1S/C28H31ClFN3O4S/c1-20(2)17-31-28(35)21(3)32(18-22-11-7-8-14-24(22)29)27(34)19-33(26-16-10-9-15-25(26)30)38(36,37)23-12-5-4-6-13-23/h4-16,20-21H,17-19H2,1-3H3,(H,31,35)/t21-/m0/s1. The highest BCUT2D eigenvalue weighted by Gasteiger charge is 2.33. The van der Waals surface area contributed by atoms with E-state index in [-0.39, 0.29) is 23.0 Å². The summed E-state index contributed by atoms with van der Waals surface area (Å²) in [6.45, 7) is 5.07. The Morgan fingerprint density at radius 3 is 2.16 bits per heavy atom. The van der Waals surface area contributed by atoms with Gasteiger partial charge in [0.1, 0.15) is 18.4 Å². The first-order chi connectivity index (χ1) is 18.0. The largest absolute Gasteiger partial charge is 0.354 e. The van der Waals surface area contributed by atoms with Crippen LogP contribution in [-0.4, -0.2) is 44.3 Å². The predicted molar refractivity (Wildman–Crippen MR) is 147 cm³/mol. The number of sulfonamides is 1. The lowest BCUT2D eigenvalue weighted by molar-refractivity contribution is -0.139. The highest BCUT2D eigenvalue weighted by molar-refractivity contribution is 7.92. The van der Waals surface area contributed by atoms with Gasteiger partial charge in [-0.05, 0) is 48.7 Å². The Kier molecular flexibility index (Phi) is 9.88. The summed E-state index contributed by atoms with van der Waals surface area (Å²) < 4.78 is 42.9. The molecule has 0 bridgehead atoms. The maximum atomic E-state index is 14.9. The van der Waals surface area contributed by atoms with E-state index in [4.69, 9.17) is 11.6 Å². The molecule has 0 radical (unpaired) electrons. The molecule has 0 aliphatic rings. The summed E-state index contributed by atoms with van der Waals surface area (Å²) in [6.07, 6.45) is 0. The zero-order valence-corrected chi connectivity index (χ0v) is 23.0. The maximum Gasteiger partial charge on any atom is 0.264 e. The highest BCUT2D eigenvalue weighted by Crippen LogP contribution is 2.27. The molecule has 0 saturated carbocycles. The fourth-order valence-electron chi connectivity index (χ4n) is 3.73. The molecule has 2 amide bonds. The number of rotatable bonds is 11. The molecule has 0 aliphatic heterocycles. The number of hydrogen-bond acceptors (Lipinski definition) is 4. The number of nitrogens with zero attached hydrogens (tertiary/aromatic N) is 2. The minimum atomic E-state index is -4.33. The number of anilines is 1. The Bertz CT molecular complexity index is 1370. The van der Waals surface area contributed by atoms with Crippen molar-refractivity contribution in [2.24, 2.45) is 5.92 Å². The quantitative estimate of drug-likeness (QED) is 0.363. The summed E-state index contributed by atoms with van der Waals surface area (Å²) in [7, 11) is -4.33. The summed E-state index contributed by atoms with van der Waals surface area (Å²) in [5, 5.41) is 3.20. The van der Waals surface area contributed by atoms with E-state index in [0.717, 1.165) is 10.4 Å². The third kappa shape index (κ3) is 7.11. The van der Waals surface area contributed by atoms with E-state index in [1.807, 2.05) is 13.8 Å². The third-order valence-corrected chi connectivity index (χ3v) is 8.02. The van der Waals surface area contributed by atoms with Crippen LogP contribution in [0.25, 0.3) is 0 Å². The van der Waals surface area contributed by atoms with Gasteiger partial charge in [0, 0.05) is 18.1 Å². The lowest BCUT2D eigenvalue weighted by Crippen LogP contribution is -2.51. The van der Waals surface area contributed by atoms with E-state index < -0.39 is 40.2 Å². The van der Waals surface area contributed by atoms with Crippen molar-refractivity contribution in [3.05, 3.63) is 95.3 Å².